The molecule has 3 aromatic carbocycles. The predicted octanol–water partition coefficient (Wildman–Crippen LogP) is 4.53. The predicted molar refractivity (Wildman–Crippen MR) is 124 cm³/mol. The number of carbonyl (C=O) groups excluding carboxylic acids is 1. The van der Waals surface area contributed by atoms with Gasteiger partial charge in [0.15, 0.2) is 0 Å². The summed E-state index contributed by atoms with van der Waals surface area (Å²) in [5.74, 6) is -0.513. The number of para-hydroxylation sites is 1. The monoisotopic (exact) mass is 504 g/mol. The van der Waals surface area contributed by atoms with Crippen molar-refractivity contribution in [1.29, 1.82) is 0 Å². The van der Waals surface area contributed by atoms with Crippen LogP contribution >= 0.6 is 15.9 Å². The summed E-state index contributed by atoms with van der Waals surface area (Å²) in [6, 6.07) is 20.1. The van der Waals surface area contributed by atoms with Crippen LogP contribution in [0.1, 0.15) is 21.5 Å². The second-order valence-electron chi connectivity index (χ2n) is 7.05. The molecule has 0 spiro atoms. The molecule has 162 valence electrons. The minimum absolute atomic E-state index is 0.147. The fourth-order valence-electron chi connectivity index (χ4n) is 3.04. The molecule has 0 atom stereocenters. The van der Waals surface area contributed by atoms with Crippen LogP contribution in [0.5, 0.6) is 0 Å². The largest absolute Gasteiger partial charge is 0.352 e. The lowest BCUT2D eigenvalue weighted by atomic mass is 10.1. The van der Waals surface area contributed by atoms with Gasteiger partial charge in [-0.3, -0.25) is 9.10 Å². The number of hydrogen-bond donors (Lipinski definition) is 1. The summed E-state index contributed by atoms with van der Waals surface area (Å²) in [4.78, 5) is 12.4. The zero-order chi connectivity index (χ0) is 22.4. The van der Waals surface area contributed by atoms with Crippen molar-refractivity contribution in [2.75, 3.05) is 17.1 Å². The number of hydrogen-bond acceptors (Lipinski definition) is 3. The summed E-state index contributed by atoms with van der Waals surface area (Å²) < 4.78 is 39.6. The average molecular weight is 505 g/mol. The highest BCUT2D eigenvalue weighted by Gasteiger charge is 2.20. The molecule has 0 unspecified atom stereocenters. The van der Waals surface area contributed by atoms with E-state index in [0.29, 0.717) is 28.7 Å². The van der Waals surface area contributed by atoms with Crippen molar-refractivity contribution in [3.63, 3.8) is 0 Å². The van der Waals surface area contributed by atoms with Gasteiger partial charge in [0.2, 0.25) is 10.0 Å². The Bertz CT molecular complexity index is 1150. The molecule has 0 aliphatic carbocycles. The molecule has 3 aromatic rings. The van der Waals surface area contributed by atoms with E-state index in [9.17, 15) is 17.6 Å². The zero-order valence-electron chi connectivity index (χ0n) is 16.9. The SMILES string of the molecule is CS(=O)(=O)N(Cc1ccc(C(=O)NCCc2ccc(F)cc2)cc1)c1ccccc1Br. The van der Waals surface area contributed by atoms with Crippen LogP contribution < -0.4 is 9.62 Å². The van der Waals surface area contributed by atoms with E-state index in [4.69, 9.17) is 0 Å². The molecule has 3 rings (SSSR count). The molecule has 0 saturated carbocycles. The first-order valence-electron chi connectivity index (χ1n) is 9.58. The third kappa shape index (κ3) is 6.38. The van der Waals surface area contributed by atoms with Crippen LogP contribution in [0.2, 0.25) is 0 Å². The maximum Gasteiger partial charge on any atom is 0.251 e. The summed E-state index contributed by atoms with van der Waals surface area (Å²) in [5, 5.41) is 2.83. The first-order valence-corrected chi connectivity index (χ1v) is 12.2. The number of halogens is 2. The van der Waals surface area contributed by atoms with Crippen molar-refractivity contribution >= 4 is 37.5 Å². The highest BCUT2D eigenvalue weighted by Crippen LogP contribution is 2.29. The van der Waals surface area contributed by atoms with Crippen LogP contribution in [-0.2, 0) is 23.0 Å². The van der Waals surface area contributed by atoms with Gasteiger partial charge < -0.3 is 5.32 Å². The van der Waals surface area contributed by atoms with Crippen LogP contribution in [0.25, 0.3) is 0 Å². The molecule has 1 N–H and O–H groups in total. The van der Waals surface area contributed by atoms with Crippen LogP contribution in [0, 0.1) is 5.82 Å². The molecule has 31 heavy (non-hydrogen) atoms. The van der Waals surface area contributed by atoms with Gasteiger partial charge in [0, 0.05) is 16.6 Å². The Balaban J connectivity index is 1.63. The molecular formula is C23H22BrFN2O3S. The standard InChI is InChI=1S/C23H22BrFN2O3S/c1-31(29,30)27(22-5-3-2-4-21(22)24)16-18-6-10-19(11-7-18)23(28)26-15-14-17-8-12-20(25)13-9-17/h2-13H,14-16H2,1H3,(H,26,28). The molecule has 0 bridgehead atoms. The van der Waals surface area contributed by atoms with E-state index in [1.165, 1.54) is 16.4 Å². The molecular weight excluding hydrogens is 483 g/mol. The van der Waals surface area contributed by atoms with Crippen LogP contribution in [0.3, 0.4) is 0 Å². The summed E-state index contributed by atoms with van der Waals surface area (Å²) >= 11 is 3.40. The quantitative estimate of drug-likeness (QED) is 0.490. The highest BCUT2D eigenvalue weighted by atomic mass is 79.9. The fraction of sp³-hybridized carbons (Fsp3) is 0.174. The molecule has 1 amide bonds. The maximum absolute atomic E-state index is 12.9. The van der Waals surface area contributed by atoms with Gasteiger partial charge in [0.25, 0.3) is 5.91 Å². The molecule has 0 fully saturated rings. The van der Waals surface area contributed by atoms with Crippen molar-refractivity contribution in [3.8, 4) is 0 Å². The van der Waals surface area contributed by atoms with E-state index in [1.807, 2.05) is 6.07 Å². The third-order valence-corrected chi connectivity index (χ3v) is 6.47. The lowest BCUT2D eigenvalue weighted by Crippen LogP contribution is -2.29. The van der Waals surface area contributed by atoms with Crippen molar-refractivity contribution < 1.29 is 17.6 Å². The third-order valence-electron chi connectivity index (χ3n) is 4.68. The molecule has 0 aliphatic rings. The van der Waals surface area contributed by atoms with E-state index >= 15 is 0 Å². The Morgan fingerprint density at radius 1 is 0.968 bits per heavy atom. The number of anilines is 1. The van der Waals surface area contributed by atoms with Crippen molar-refractivity contribution in [3.05, 3.63) is 99.8 Å². The number of amides is 1. The molecule has 8 heteroatoms. The lowest BCUT2D eigenvalue weighted by Gasteiger charge is -2.23. The minimum atomic E-state index is -3.51. The zero-order valence-corrected chi connectivity index (χ0v) is 19.3. The molecule has 0 radical (unpaired) electrons. The first kappa shape index (κ1) is 23.0. The molecule has 0 heterocycles. The summed E-state index contributed by atoms with van der Waals surface area (Å²) in [7, 11) is -3.51. The second-order valence-corrected chi connectivity index (χ2v) is 9.81. The van der Waals surface area contributed by atoms with E-state index < -0.39 is 10.0 Å². The van der Waals surface area contributed by atoms with Gasteiger partial charge in [-0.05, 0) is 69.9 Å². The maximum atomic E-state index is 12.9. The minimum Gasteiger partial charge on any atom is -0.352 e. The number of nitrogens with one attached hydrogen (secondary N) is 1. The van der Waals surface area contributed by atoms with E-state index in [2.05, 4.69) is 21.2 Å². The molecule has 5 nitrogen and oxygen atoms in total. The average Bonchev–Trinajstić information content (AvgIpc) is 2.74. The summed E-state index contributed by atoms with van der Waals surface area (Å²) in [5.41, 5.74) is 2.72. The van der Waals surface area contributed by atoms with Gasteiger partial charge in [-0.25, -0.2) is 12.8 Å². The Morgan fingerprint density at radius 2 is 1.58 bits per heavy atom. The summed E-state index contributed by atoms with van der Waals surface area (Å²) in [6.07, 6.45) is 1.76. The summed E-state index contributed by atoms with van der Waals surface area (Å²) in [6.45, 7) is 0.573. The number of rotatable bonds is 8. The van der Waals surface area contributed by atoms with Gasteiger partial charge in [-0.1, -0.05) is 36.4 Å². The number of benzene rings is 3. The normalized spacial score (nSPS) is 11.2. The van der Waals surface area contributed by atoms with Crippen LogP contribution in [-0.4, -0.2) is 27.1 Å². The molecule has 0 saturated heterocycles. The van der Waals surface area contributed by atoms with Crippen LogP contribution in [0.4, 0.5) is 10.1 Å². The molecule has 0 aliphatic heterocycles. The Morgan fingerprint density at radius 3 is 2.19 bits per heavy atom. The van der Waals surface area contributed by atoms with Crippen LogP contribution in [0.15, 0.2) is 77.3 Å². The van der Waals surface area contributed by atoms with Gasteiger partial charge in [0.1, 0.15) is 5.82 Å². The highest BCUT2D eigenvalue weighted by molar-refractivity contribution is 9.10. The van der Waals surface area contributed by atoms with Crippen molar-refractivity contribution in [2.24, 2.45) is 0 Å². The second kappa shape index (κ2) is 10.1. The van der Waals surface area contributed by atoms with Gasteiger partial charge in [0.05, 0.1) is 18.5 Å². The molecule has 0 aromatic heterocycles. The lowest BCUT2D eigenvalue weighted by molar-refractivity contribution is 0.0954. The number of carbonyl (C=O) groups is 1. The van der Waals surface area contributed by atoms with Gasteiger partial charge in [-0.15, -0.1) is 0 Å². The van der Waals surface area contributed by atoms with Crippen molar-refractivity contribution in [2.45, 2.75) is 13.0 Å². The van der Waals surface area contributed by atoms with Gasteiger partial charge in [-0.2, -0.15) is 0 Å². The topological polar surface area (TPSA) is 66.5 Å². The first-order chi connectivity index (χ1) is 14.7. The Hall–Kier alpha value is -2.71. The van der Waals surface area contributed by atoms with E-state index in [-0.39, 0.29) is 18.3 Å². The van der Waals surface area contributed by atoms with Crippen molar-refractivity contribution in [1.82, 2.24) is 5.32 Å². The Labute approximate surface area is 190 Å². The number of nitrogens with zero attached hydrogens (tertiary/aromatic N) is 1. The van der Waals surface area contributed by atoms with E-state index in [0.717, 1.165) is 17.4 Å². The number of sulfonamides is 1. The van der Waals surface area contributed by atoms with E-state index in [1.54, 1.807) is 54.6 Å². The smallest absolute Gasteiger partial charge is 0.251 e. The van der Waals surface area contributed by atoms with Gasteiger partial charge >= 0.3 is 0 Å². The Kier molecular flexibility index (Phi) is 7.46. The fourth-order valence-corrected chi connectivity index (χ4v) is 4.55.